The molecule has 0 aromatic carbocycles. The van der Waals surface area contributed by atoms with Crippen molar-refractivity contribution in [2.45, 2.75) is 31.4 Å². The first-order chi connectivity index (χ1) is 9.31. The molecule has 0 N–H and O–H groups in total. The molecular formula is C14H19ClN2O2. The van der Waals surface area contributed by atoms with Crippen molar-refractivity contribution < 1.29 is 9.47 Å². The van der Waals surface area contributed by atoms with E-state index in [0.29, 0.717) is 11.1 Å². The minimum Gasteiger partial charge on any atom is -0.489 e. The molecule has 2 aliphatic heterocycles. The average Bonchev–Trinajstić information content (AvgIpc) is 2.94. The third-order valence-electron chi connectivity index (χ3n) is 3.88. The molecular weight excluding hydrogens is 264 g/mol. The quantitative estimate of drug-likeness (QED) is 0.852. The van der Waals surface area contributed by atoms with Crippen LogP contribution in [0.3, 0.4) is 0 Å². The largest absolute Gasteiger partial charge is 0.489 e. The highest BCUT2D eigenvalue weighted by Gasteiger charge is 2.28. The lowest BCUT2D eigenvalue weighted by atomic mass is 10.0. The molecule has 0 spiro atoms. The number of halogens is 1. The van der Waals surface area contributed by atoms with E-state index in [1.54, 1.807) is 12.4 Å². The van der Waals surface area contributed by atoms with E-state index in [4.69, 9.17) is 21.1 Å². The van der Waals surface area contributed by atoms with Crippen LogP contribution in [0.15, 0.2) is 18.5 Å². The molecule has 1 unspecified atom stereocenters. The van der Waals surface area contributed by atoms with Crippen molar-refractivity contribution in [1.29, 1.82) is 0 Å². The van der Waals surface area contributed by atoms with Gasteiger partial charge in [0.15, 0.2) is 0 Å². The van der Waals surface area contributed by atoms with Crippen LogP contribution < -0.4 is 4.74 Å². The van der Waals surface area contributed by atoms with Crippen LogP contribution in [0.4, 0.5) is 0 Å². The lowest BCUT2D eigenvalue weighted by Gasteiger charge is -2.35. The first-order valence-electron chi connectivity index (χ1n) is 6.90. The highest BCUT2D eigenvalue weighted by molar-refractivity contribution is 6.30. The van der Waals surface area contributed by atoms with Gasteiger partial charge in [-0.15, -0.1) is 0 Å². The maximum Gasteiger partial charge on any atom is 0.139 e. The van der Waals surface area contributed by atoms with E-state index < -0.39 is 0 Å². The molecule has 0 saturated carbocycles. The van der Waals surface area contributed by atoms with Crippen molar-refractivity contribution in [2.24, 2.45) is 0 Å². The van der Waals surface area contributed by atoms with Gasteiger partial charge in [0.25, 0.3) is 0 Å². The molecule has 1 atom stereocenters. The zero-order valence-corrected chi connectivity index (χ0v) is 11.7. The van der Waals surface area contributed by atoms with E-state index in [2.05, 4.69) is 9.88 Å². The predicted molar refractivity (Wildman–Crippen MR) is 73.7 cm³/mol. The Morgan fingerprint density at radius 3 is 2.79 bits per heavy atom. The third kappa shape index (κ3) is 3.38. The van der Waals surface area contributed by atoms with Crippen LogP contribution in [0.2, 0.25) is 5.02 Å². The van der Waals surface area contributed by atoms with E-state index in [9.17, 15) is 0 Å². The lowest BCUT2D eigenvalue weighted by Crippen LogP contribution is -2.44. The van der Waals surface area contributed by atoms with Crippen LogP contribution in [0.1, 0.15) is 19.3 Å². The first-order valence-corrected chi connectivity index (χ1v) is 7.28. The number of hydrogen-bond donors (Lipinski definition) is 0. The molecule has 4 nitrogen and oxygen atoms in total. The van der Waals surface area contributed by atoms with Gasteiger partial charge in [0.2, 0.25) is 0 Å². The number of hydrogen-bond acceptors (Lipinski definition) is 4. The smallest absolute Gasteiger partial charge is 0.139 e. The SMILES string of the molecule is Clc1cncc(OC2CCN(C3CCOC3)CC2)c1. The first kappa shape index (κ1) is 13.2. The minimum absolute atomic E-state index is 0.277. The highest BCUT2D eigenvalue weighted by atomic mass is 35.5. The summed E-state index contributed by atoms with van der Waals surface area (Å²) in [5.41, 5.74) is 0. The number of nitrogens with zero attached hydrogens (tertiary/aromatic N) is 2. The molecule has 0 radical (unpaired) electrons. The van der Waals surface area contributed by atoms with Crippen LogP contribution in [0, 0.1) is 0 Å². The summed E-state index contributed by atoms with van der Waals surface area (Å²) in [6, 6.07) is 2.44. The summed E-state index contributed by atoms with van der Waals surface area (Å²) in [7, 11) is 0. The van der Waals surface area contributed by atoms with Crippen molar-refractivity contribution in [3.05, 3.63) is 23.5 Å². The summed E-state index contributed by atoms with van der Waals surface area (Å²) in [6.45, 7) is 3.98. The Bertz CT molecular complexity index is 416. The van der Waals surface area contributed by atoms with Gasteiger partial charge in [0, 0.05) is 38.0 Å². The van der Waals surface area contributed by atoms with E-state index in [0.717, 1.165) is 44.9 Å². The molecule has 2 aliphatic rings. The van der Waals surface area contributed by atoms with Gasteiger partial charge in [-0.1, -0.05) is 11.6 Å². The second kappa shape index (κ2) is 6.07. The Morgan fingerprint density at radius 1 is 1.26 bits per heavy atom. The Hall–Kier alpha value is -0.840. The molecule has 1 aromatic heterocycles. The summed E-state index contributed by atoms with van der Waals surface area (Å²) >= 11 is 5.91. The van der Waals surface area contributed by atoms with Gasteiger partial charge in [-0.05, 0) is 19.3 Å². The Kier molecular flexibility index (Phi) is 4.21. The van der Waals surface area contributed by atoms with Crippen molar-refractivity contribution in [2.75, 3.05) is 26.3 Å². The summed E-state index contributed by atoms with van der Waals surface area (Å²) < 4.78 is 11.4. The standard InChI is InChI=1S/C14H19ClN2O2/c15-11-7-14(9-16-8-11)19-13-1-4-17(5-2-13)12-3-6-18-10-12/h7-9,12-13H,1-6,10H2. The normalized spacial score (nSPS) is 25.6. The van der Waals surface area contributed by atoms with E-state index >= 15 is 0 Å². The van der Waals surface area contributed by atoms with Gasteiger partial charge in [0.1, 0.15) is 11.9 Å². The van der Waals surface area contributed by atoms with E-state index in [-0.39, 0.29) is 6.10 Å². The van der Waals surface area contributed by atoms with Crippen molar-refractivity contribution in [3.63, 3.8) is 0 Å². The van der Waals surface area contributed by atoms with E-state index in [1.165, 1.54) is 6.42 Å². The monoisotopic (exact) mass is 282 g/mol. The van der Waals surface area contributed by atoms with Gasteiger partial charge in [-0.3, -0.25) is 9.88 Å². The lowest BCUT2D eigenvalue weighted by molar-refractivity contribution is 0.0684. The molecule has 0 aliphatic carbocycles. The fourth-order valence-corrected chi connectivity index (χ4v) is 2.98. The van der Waals surface area contributed by atoms with Gasteiger partial charge in [0.05, 0.1) is 17.8 Å². The molecule has 1 aromatic rings. The molecule has 2 saturated heterocycles. The fourth-order valence-electron chi connectivity index (χ4n) is 2.82. The maximum atomic E-state index is 5.94. The number of piperidine rings is 1. The van der Waals surface area contributed by atoms with Gasteiger partial charge < -0.3 is 9.47 Å². The molecule has 104 valence electrons. The number of pyridine rings is 1. The number of aromatic nitrogens is 1. The third-order valence-corrected chi connectivity index (χ3v) is 4.09. The van der Waals surface area contributed by atoms with Crippen LogP contribution in [-0.2, 0) is 4.74 Å². The number of ether oxygens (including phenoxy) is 2. The fraction of sp³-hybridized carbons (Fsp3) is 0.643. The summed E-state index contributed by atoms with van der Waals surface area (Å²) in [4.78, 5) is 6.57. The van der Waals surface area contributed by atoms with Gasteiger partial charge in [-0.25, -0.2) is 0 Å². The summed E-state index contributed by atoms with van der Waals surface area (Å²) in [5.74, 6) is 0.773. The Labute approximate surface area is 118 Å². The van der Waals surface area contributed by atoms with Crippen LogP contribution in [-0.4, -0.2) is 48.3 Å². The maximum absolute atomic E-state index is 5.94. The predicted octanol–water partition coefficient (Wildman–Crippen LogP) is 2.37. The number of likely N-dealkylation sites (tertiary alicyclic amines) is 1. The Balaban J connectivity index is 1.50. The molecule has 19 heavy (non-hydrogen) atoms. The second-order valence-electron chi connectivity index (χ2n) is 5.21. The van der Waals surface area contributed by atoms with Gasteiger partial charge >= 0.3 is 0 Å². The zero-order chi connectivity index (χ0) is 13.1. The van der Waals surface area contributed by atoms with Crippen molar-refractivity contribution in [3.8, 4) is 5.75 Å². The van der Waals surface area contributed by atoms with Crippen molar-refractivity contribution in [1.82, 2.24) is 9.88 Å². The molecule has 3 rings (SSSR count). The van der Waals surface area contributed by atoms with Crippen molar-refractivity contribution >= 4 is 11.6 Å². The van der Waals surface area contributed by atoms with Gasteiger partial charge in [-0.2, -0.15) is 0 Å². The van der Waals surface area contributed by atoms with Crippen LogP contribution >= 0.6 is 11.6 Å². The Morgan fingerprint density at radius 2 is 2.11 bits per heavy atom. The molecule has 0 bridgehead atoms. The summed E-state index contributed by atoms with van der Waals surface area (Å²) in [5, 5.41) is 0.623. The zero-order valence-electron chi connectivity index (χ0n) is 10.9. The van der Waals surface area contributed by atoms with Crippen LogP contribution in [0.5, 0.6) is 5.75 Å². The average molecular weight is 283 g/mol. The molecule has 2 fully saturated rings. The highest BCUT2D eigenvalue weighted by Crippen LogP contribution is 2.23. The molecule has 5 heteroatoms. The molecule has 0 amide bonds. The topological polar surface area (TPSA) is 34.6 Å². The number of rotatable bonds is 3. The summed E-state index contributed by atoms with van der Waals surface area (Å²) in [6.07, 6.45) is 6.91. The van der Waals surface area contributed by atoms with E-state index in [1.807, 2.05) is 6.07 Å². The molecule has 3 heterocycles. The second-order valence-corrected chi connectivity index (χ2v) is 5.65. The van der Waals surface area contributed by atoms with Crippen LogP contribution in [0.25, 0.3) is 0 Å². The minimum atomic E-state index is 0.277.